The monoisotopic (exact) mass is 393 g/mol. The Morgan fingerprint density at radius 2 is 1.92 bits per heavy atom. The molecule has 0 saturated heterocycles. The number of nitrogens with zero attached hydrogens (tertiary/aromatic N) is 2. The zero-order valence-electron chi connectivity index (χ0n) is 13.4. The van der Waals surface area contributed by atoms with Gasteiger partial charge in [0.25, 0.3) is 5.91 Å². The molecular formula is C16H16BrN3O4. The molecule has 7 nitrogen and oxygen atoms in total. The molecule has 1 aromatic heterocycles. The Balaban J connectivity index is 2.18. The minimum atomic E-state index is -0.353. The number of benzene rings is 1. The molecule has 1 amide bonds. The lowest BCUT2D eigenvalue weighted by atomic mass is 10.2. The molecule has 1 heterocycles. The van der Waals surface area contributed by atoms with Gasteiger partial charge in [-0.3, -0.25) is 4.79 Å². The van der Waals surface area contributed by atoms with E-state index in [1.54, 1.807) is 24.3 Å². The number of amides is 1. The smallest absolute Gasteiger partial charge is 0.271 e. The third-order valence-corrected chi connectivity index (χ3v) is 3.53. The van der Waals surface area contributed by atoms with Crippen molar-refractivity contribution < 1.29 is 19.0 Å². The number of halogens is 1. The van der Waals surface area contributed by atoms with Crippen LogP contribution in [0.15, 0.2) is 40.2 Å². The molecule has 24 heavy (non-hydrogen) atoms. The van der Waals surface area contributed by atoms with E-state index >= 15 is 0 Å². The van der Waals surface area contributed by atoms with Gasteiger partial charge < -0.3 is 14.2 Å². The van der Waals surface area contributed by atoms with Gasteiger partial charge in [0.15, 0.2) is 11.5 Å². The van der Waals surface area contributed by atoms with Crippen LogP contribution >= 0.6 is 15.9 Å². The first-order valence-electron chi connectivity index (χ1n) is 6.84. The number of methoxy groups -OCH3 is 3. The number of pyridine rings is 1. The van der Waals surface area contributed by atoms with Gasteiger partial charge >= 0.3 is 0 Å². The molecule has 0 fully saturated rings. The van der Waals surface area contributed by atoms with Gasteiger partial charge in [-0.05, 0) is 40.2 Å². The summed E-state index contributed by atoms with van der Waals surface area (Å²) >= 11 is 3.21. The van der Waals surface area contributed by atoms with Gasteiger partial charge in [0.05, 0.1) is 27.5 Å². The molecule has 0 atom stereocenters. The molecule has 0 saturated carbocycles. The van der Waals surface area contributed by atoms with E-state index in [1.165, 1.54) is 33.7 Å². The Morgan fingerprint density at radius 3 is 2.54 bits per heavy atom. The first-order valence-corrected chi connectivity index (χ1v) is 7.64. The molecule has 0 aliphatic rings. The summed E-state index contributed by atoms with van der Waals surface area (Å²) in [5.74, 6) is 1.10. The number of hydrogen-bond acceptors (Lipinski definition) is 6. The molecule has 0 unspecified atom stereocenters. The van der Waals surface area contributed by atoms with Crippen molar-refractivity contribution >= 4 is 28.1 Å². The Bertz CT molecular complexity index is 765. The molecule has 1 N–H and O–H groups in total. The summed E-state index contributed by atoms with van der Waals surface area (Å²) in [6.07, 6.45) is 3.00. The summed E-state index contributed by atoms with van der Waals surface area (Å²) in [7, 11) is 4.57. The fourth-order valence-electron chi connectivity index (χ4n) is 1.99. The summed E-state index contributed by atoms with van der Waals surface area (Å²) in [6, 6.07) is 6.66. The van der Waals surface area contributed by atoms with E-state index in [0.717, 1.165) is 0 Å². The molecule has 1 aromatic carbocycles. The SMILES string of the molecule is COc1ccc(C=NNC(=O)c2ccnc(Br)c2)c(OC)c1OC. The highest BCUT2D eigenvalue weighted by Gasteiger charge is 2.14. The van der Waals surface area contributed by atoms with Crippen LogP contribution in [0.5, 0.6) is 17.2 Å². The third-order valence-electron chi connectivity index (χ3n) is 3.09. The van der Waals surface area contributed by atoms with Crippen LogP contribution in [0.3, 0.4) is 0 Å². The Hall–Kier alpha value is -2.61. The van der Waals surface area contributed by atoms with Gasteiger partial charge in [-0.1, -0.05) is 0 Å². The normalized spacial score (nSPS) is 10.5. The minimum Gasteiger partial charge on any atom is -0.493 e. The Kier molecular flexibility index (Phi) is 6.14. The van der Waals surface area contributed by atoms with Crippen LogP contribution in [0.1, 0.15) is 15.9 Å². The van der Waals surface area contributed by atoms with Crippen molar-refractivity contribution in [3.8, 4) is 17.2 Å². The van der Waals surface area contributed by atoms with E-state index in [9.17, 15) is 4.79 Å². The van der Waals surface area contributed by atoms with E-state index in [0.29, 0.717) is 33.0 Å². The van der Waals surface area contributed by atoms with Gasteiger partial charge in [-0.2, -0.15) is 5.10 Å². The maximum atomic E-state index is 12.0. The second-order valence-electron chi connectivity index (χ2n) is 4.49. The summed E-state index contributed by atoms with van der Waals surface area (Å²) in [5, 5.41) is 3.95. The molecule has 0 bridgehead atoms. The van der Waals surface area contributed by atoms with Gasteiger partial charge in [0.1, 0.15) is 4.60 Å². The highest BCUT2D eigenvalue weighted by atomic mass is 79.9. The number of hydrazone groups is 1. The van der Waals surface area contributed by atoms with Crippen LogP contribution in [-0.4, -0.2) is 38.4 Å². The van der Waals surface area contributed by atoms with Crippen molar-refractivity contribution in [3.63, 3.8) is 0 Å². The van der Waals surface area contributed by atoms with Gasteiger partial charge in [-0.25, -0.2) is 10.4 Å². The second-order valence-corrected chi connectivity index (χ2v) is 5.30. The fourth-order valence-corrected chi connectivity index (χ4v) is 2.36. The lowest BCUT2D eigenvalue weighted by molar-refractivity contribution is 0.0955. The second kappa shape index (κ2) is 8.30. The molecule has 0 spiro atoms. The average molecular weight is 394 g/mol. The largest absolute Gasteiger partial charge is 0.493 e. The van der Waals surface area contributed by atoms with Crippen LogP contribution in [0.25, 0.3) is 0 Å². The molecule has 0 radical (unpaired) electrons. The Morgan fingerprint density at radius 1 is 1.17 bits per heavy atom. The minimum absolute atomic E-state index is 0.353. The average Bonchev–Trinajstić information content (AvgIpc) is 2.60. The quantitative estimate of drug-likeness (QED) is 0.463. The Labute approximate surface area is 147 Å². The van der Waals surface area contributed by atoms with Crippen LogP contribution in [0.4, 0.5) is 0 Å². The van der Waals surface area contributed by atoms with E-state index in [2.05, 4.69) is 31.4 Å². The molecular weight excluding hydrogens is 378 g/mol. The van der Waals surface area contributed by atoms with Crippen molar-refractivity contribution in [2.24, 2.45) is 5.10 Å². The lowest BCUT2D eigenvalue weighted by Crippen LogP contribution is -2.17. The highest BCUT2D eigenvalue weighted by molar-refractivity contribution is 9.10. The van der Waals surface area contributed by atoms with E-state index in [1.807, 2.05) is 0 Å². The van der Waals surface area contributed by atoms with Crippen molar-refractivity contribution in [2.75, 3.05) is 21.3 Å². The van der Waals surface area contributed by atoms with Crippen LogP contribution in [0, 0.1) is 0 Å². The zero-order valence-corrected chi connectivity index (χ0v) is 15.0. The van der Waals surface area contributed by atoms with Gasteiger partial charge in [0.2, 0.25) is 5.75 Å². The third kappa shape index (κ3) is 4.02. The molecule has 0 aliphatic heterocycles. The maximum Gasteiger partial charge on any atom is 0.271 e. The highest BCUT2D eigenvalue weighted by Crippen LogP contribution is 2.38. The van der Waals surface area contributed by atoms with Crippen molar-refractivity contribution in [1.29, 1.82) is 0 Å². The number of carbonyl (C=O) groups excluding carboxylic acids is 1. The number of rotatable bonds is 6. The predicted octanol–water partition coefficient (Wildman–Crippen LogP) is 2.63. The van der Waals surface area contributed by atoms with Gasteiger partial charge in [-0.15, -0.1) is 0 Å². The topological polar surface area (TPSA) is 82.0 Å². The molecule has 2 rings (SSSR count). The standard InChI is InChI=1S/C16H16BrN3O4/c1-22-12-5-4-11(14(23-2)15(12)24-3)9-19-20-16(21)10-6-7-18-13(17)8-10/h4-9H,1-3H3,(H,20,21). The van der Waals surface area contributed by atoms with Crippen molar-refractivity contribution in [3.05, 3.63) is 46.2 Å². The van der Waals surface area contributed by atoms with E-state index < -0.39 is 0 Å². The number of aromatic nitrogens is 1. The first kappa shape index (κ1) is 17.7. The predicted molar refractivity (Wildman–Crippen MR) is 93.1 cm³/mol. The number of carbonyl (C=O) groups is 1. The van der Waals surface area contributed by atoms with Crippen molar-refractivity contribution in [1.82, 2.24) is 10.4 Å². The van der Waals surface area contributed by atoms with E-state index in [4.69, 9.17) is 14.2 Å². The van der Waals surface area contributed by atoms with Crippen LogP contribution < -0.4 is 19.6 Å². The maximum absolute atomic E-state index is 12.0. The molecule has 8 heteroatoms. The number of ether oxygens (including phenoxy) is 3. The van der Waals surface area contributed by atoms with Crippen LogP contribution in [-0.2, 0) is 0 Å². The molecule has 126 valence electrons. The summed E-state index contributed by atoms with van der Waals surface area (Å²) in [4.78, 5) is 16.0. The molecule has 2 aromatic rings. The summed E-state index contributed by atoms with van der Waals surface area (Å²) < 4.78 is 16.4. The molecule has 0 aliphatic carbocycles. The summed E-state index contributed by atoms with van der Waals surface area (Å²) in [5.41, 5.74) is 3.52. The van der Waals surface area contributed by atoms with Crippen molar-refractivity contribution in [2.45, 2.75) is 0 Å². The first-order chi connectivity index (χ1) is 11.6. The van der Waals surface area contributed by atoms with Crippen LogP contribution in [0.2, 0.25) is 0 Å². The number of nitrogens with one attached hydrogen (secondary N) is 1. The number of hydrogen-bond donors (Lipinski definition) is 1. The van der Waals surface area contributed by atoms with E-state index in [-0.39, 0.29) is 5.91 Å². The van der Waals surface area contributed by atoms with Gasteiger partial charge in [0, 0.05) is 17.3 Å². The summed E-state index contributed by atoms with van der Waals surface area (Å²) in [6.45, 7) is 0. The zero-order chi connectivity index (χ0) is 17.5. The fraction of sp³-hybridized carbons (Fsp3) is 0.188. The lowest BCUT2D eigenvalue weighted by Gasteiger charge is -2.13.